The van der Waals surface area contributed by atoms with Crippen LogP contribution in [0.2, 0.25) is 0 Å². The van der Waals surface area contributed by atoms with Crippen molar-refractivity contribution in [1.29, 1.82) is 0 Å². The van der Waals surface area contributed by atoms with E-state index in [2.05, 4.69) is 10.3 Å². The van der Waals surface area contributed by atoms with Crippen molar-refractivity contribution >= 4 is 39.9 Å². The number of amides is 1. The van der Waals surface area contributed by atoms with E-state index in [0.29, 0.717) is 16.4 Å². The Hall–Kier alpha value is -1.87. The van der Waals surface area contributed by atoms with E-state index in [1.54, 1.807) is 32.3 Å². The Bertz CT molecular complexity index is 807. The van der Waals surface area contributed by atoms with Crippen LogP contribution in [0.25, 0.3) is 4.96 Å². The lowest BCUT2D eigenvalue weighted by atomic mass is 9.87. The molecule has 2 N–H and O–H groups in total. The molecule has 0 aromatic carbocycles. The minimum atomic E-state index is -1.06. The molecule has 1 atom stereocenters. The molecule has 0 aliphatic carbocycles. The fourth-order valence-electron chi connectivity index (χ4n) is 2.06. The van der Waals surface area contributed by atoms with Gasteiger partial charge in [-0.15, -0.1) is 23.1 Å². The number of carbonyl (C=O) groups is 2. The van der Waals surface area contributed by atoms with E-state index in [1.807, 2.05) is 0 Å². The van der Waals surface area contributed by atoms with Gasteiger partial charge in [0.15, 0.2) is 4.96 Å². The van der Waals surface area contributed by atoms with Crippen molar-refractivity contribution in [3.05, 3.63) is 33.7 Å². The quantitative estimate of drug-likeness (QED) is 0.802. The Morgan fingerprint density at radius 2 is 2.17 bits per heavy atom. The molecule has 9 heteroatoms. The highest BCUT2D eigenvalue weighted by Gasteiger charge is 2.32. The number of rotatable bonds is 6. The van der Waals surface area contributed by atoms with E-state index in [0.717, 1.165) is 0 Å². The Morgan fingerprint density at radius 3 is 2.79 bits per heavy atom. The Morgan fingerprint density at radius 1 is 1.46 bits per heavy atom. The highest BCUT2D eigenvalue weighted by Crippen LogP contribution is 2.20. The van der Waals surface area contributed by atoms with Gasteiger partial charge >= 0.3 is 5.97 Å². The number of aromatic nitrogens is 2. The molecule has 7 nitrogen and oxygen atoms in total. The molecular weight excluding hydrogens is 350 g/mol. The molecule has 0 radical (unpaired) electrons. The largest absolute Gasteiger partial charge is 0.480 e. The van der Waals surface area contributed by atoms with Gasteiger partial charge in [-0.1, -0.05) is 20.8 Å². The molecule has 2 aromatic heterocycles. The molecule has 0 aliphatic heterocycles. The first kappa shape index (κ1) is 18.5. The van der Waals surface area contributed by atoms with Gasteiger partial charge < -0.3 is 10.4 Å². The summed E-state index contributed by atoms with van der Waals surface area (Å²) < 4.78 is 1.46. The van der Waals surface area contributed by atoms with E-state index in [1.165, 1.54) is 33.6 Å². The molecule has 0 spiro atoms. The number of thiazole rings is 1. The van der Waals surface area contributed by atoms with Crippen LogP contribution in [0.4, 0.5) is 0 Å². The predicted octanol–water partition coefficient (Wildman–Crippen LogP) is 1.60. The molecule has 130 valence electrons. The molecule has 1 amide bonds. The number of aliphatic carboxylic acids is 1. The maximum absolute atomic E-state index is 12.0. The van der Waals surface area contributed by atoms with Gasteiger partial charge in [0.2, 0.25) is 5.91 Å². The molecule has 0 saturated heterocycles. The first-order valence-electron chi connectivity index (χ1n) is 7.24. The minimum absolute atomic E-state index is 0.103. The average molecular weight is 369 g/mol. The van der Waals surface area contributed by atoms with Gasteiger partial charge in [-0.25, -0.2) is 9.78 Å². The summed E-state index contributed by atoms with van der Waals surface area (Å²) in [6.07, 6.45) is 1.66. The monoisotopic (exact) mass is 369 g/mol. The summed E-state index contributed by atoms with van der Waals surface area (Å²) in [5, 5.41) is 13.5. The SMILES string of the molecule is CC(C)(C)C(NC(=O)CSCc1cc(=O)n2ccsc2n1)C(=O)O. The number of hydrogen-bond donors (Lipinski definition) is 2. The molecular formula is C15H19N3O4S2. The summed E-state index contributed by atoms with van der Waals surface area (Å²) in [6.45, 7) is 5.27. The molecule has 1 unspecified atom stereocenters. The van der Waals surface area contributed by atoms with E-state index >= 15 is 0 Å². The van der Waals surface area contributed by atoms with Crippen LogP contribution in [0, 0.1) is 5.41 Å². The second-order valence-electron chi connectivity index (χ2n) is 6.34. The van der Waals surface area contributed by atoms with Gasteiger partial charge in [0.1, 0.15) is 6.04 Å². The number of thioether (sulfide) groups is 1. The second kappa shape index (κ2) is 7.35. The van der Waals surface area contributed by atoms with Crippen molar-refractivity contribution in [1.82, 2.24) is 14.7 Å². The number of nitrogens with one attached hydrogen (secondary N) is 1. The molecule has 0 saturated carbocycles. The van der Waals surface area contributed by atoms with Crippen LogP contribution in [0.5, 0.6) is 0 Å². The van der Waals surface area contributed by atoms with Gasteiger partial charge in [0, 0.05) is 23.4 Å². The first-order chi connectivity index (χ1) is 11.2. The molecule has 2 aromatic rings. The van der Waals surface area contributed by atoms with Gasteiger partial charge in [0.05, 0.1) is 11.4 Å². The summed E-state index contributed by atoms with van der Waals surface area (Å²) in [4.78, 5) is 40.0. The number of carboxylic acid groups (broad SMARTS) is 1. The minimum Gasteiger partial charge on any atom is -0.480 e. The molecule has 0 aliphatic rings. The third kappa shape index (κ3) is 4.57. The highest BCUT2D eigenvalue weighted by atomic mass is 32.2. The number of nitrogens with zero attached hydrogens (tertiary/aromatic N) is 2. The summed E-state index contributed by atoms with van der Waals surface area (Å²) in [7, 11) is 0. The van der Waals surface area contributed by atoms with Gasteiger partial charge in [0.25, 0.3) is 5.56 Å². The Balaban J connectivity index is 1.92. The number of fused-ring (bicyclic) bond motifs is 1. The number of hydrogen-bond acceptors (Lipinski definition) is 6. The summed E-state index contributed by atoms with van der Waals surface area (Å²) in [5.74, 6) is -0.898. The second-order valence-corrected chi connectivity index (χ2v) is 8.20. The highest BCUT2D eigenvalue weighted by molar-refractivity contribution is 7.99. The lowest BCUT2D eigenvalue weighted by molar-refractivity contribution is -0.144. The topological polar surface area (TPSA) is 101 Å². The van der Waals surface area contributed by atoms with E-state index < -0.39 is 17.4 Å². The zero-order valence-electron chi connectivity index (χ0n) is 13.6. The molecule has 2 heterocycles. The third-order valence-electron chi connectivity index (χ3n) is 3.26. The van der Waals surface area contributed by atoms with Crippen LogP contribution < -0.4 is 10.9 Å². The van der Waals surface area contributed by atoms with Crippen molar-refractivity contribution in [2.45, 2.75) is 32.6 Å². The number of carboxylic acids is 1. The smallest absolute Gasteiger partial charge is 0.326 e. The third-order valence-corrected chi connectivity index (χ3v) is 4.98. The zero-order chi connectivity index (χ0) is 17.9. The fraction of sp³-hybridized carbons (Fsp3) is 0.467. The lowest BCUT2D eigenvalue weighted by Crippen LogP contribution is -2.49. The summed E-state index contributed by atoms with van der Waals surface area (Å²) in [5.41, 5.74) is -0.127. The first-order valence-corrected chi connectivity index (χ1v) is 9.27. The van der Waals surface area contributed by atoms with Crippen LogP contribution in [-0.4, -0.2) is 38.2 Å². The molecule has 24 heavy (non-hydrogen) atoms. The zero-order valence-corrected chi connectivity index (χ0v) is 15.2. The summed E-state index contributed by atoms with van der Waals surface area (Å²) in [6, 6.07) is 0.496. The Kier molecular flexibility index (Phi) is 5.66. The van der Waals surface area contributed by atoms with Crippen molar-refractivity contribution in [2.75, 3.05) is 5.75 Å². The van der Waals surface area contributed by atoms with Crippen LogP contribution in [0.15, 0.2) is 22.4 Å². The van der Waals surface area contributed by atoms with E-state index in [-0.39, 0.29) is 17.2 Å². The van der Waals surface area contributed by atoms with Gasteiger partial charge in [-0.2, -0.15) is 0 Å². The molecule has 0 fully saturated rings. The predicted molar refractivity (Wildman–Crippen MR) is 94.5 cm³/mol. The normalized spacial score (nSPS) is 13.0. The van der Waals surface area contributed by atoms with E-state index in [4.69, 9.17) is 0 Å². The van der Waals surface area contributed by atoms with Crippen molar-refractivity contribution in [3.63, 3.8) is 0 Å². The summed E-state index contributed by atoms with van der Waals surface area (Å²) >= 11 is 2.66. The van der Waals surface area contributed by atoms with Gasteiger partial charge in [-0.3, -0.25) is 14.0 Å². The van der Waals surface area contributed by atoms with Gasteiger partial charge in [-0.05, 0) is 5.41 Å². The molecule has 2 rings (SSSR count). The van der Waals surface area contributed by atoms with Crippen LogP contribution >= 0.6 is 23.1 Å². The lowest BCUT2D eigenvalue weighted by Gasteiger charge is -2.27. The molecule has 0 bridgehead atoms. The van der Waals surface area contributed by atoms with Crippen LogP contribution in [0.1, 0.15) is 26.5 Å². The standard InChI is InChI=1S/C15H19N3O4S2/c1-15(2,3)12(13(21)22)17-10(19)8-23-7-9-6-11(20)18-4-5-24-14(18)16-9/h4-6,12H,7-8H2,1-3H3,(H,17,19)(H,21,22). The van der Waals surface area contributed by atoms with Crippen LogP contribution in [0.3, 0.4) is 0 Å². The average Bonchev–Trinajstić information content (AvgIpc) is 2.92. The maximum Gasteiger partial charge on any atom is 0.326 e. The fourth-order valence-corrected chi connectivity index (χ4v) is 3.53. The van der Waals surface area contributed by atoms with Crippen molar-refractivity contribution < 1.29 is 14.7 Å². The van der Waals surface area contributed by atoms with Crippen molar-refractivity contribution in [3.8, 4) is 0 Å². The van der Waals surface area contributed by atoms with E-state index in [9.17, 15) is 19.5 Å². The maximum atomic E-state index is 12.0. The van der Waals surface area contributed by atoms with Crippen LogP contribution in [-0.2, 0) is 15.3 Å². The Labute approximate surface area is 147 Å². The number of carbonyl (C=O) groups excluding carboxylic acids is 1. The van der Waals surface area contributed by atoms with Crippen molar-refractivity contribution in [2.24, 2.45) is 5.41 Å².